The number of nitrogens with one attached hydrogen (secondary N) is 1. The fourth-order valence-corrected chi connectivity index (χ4v) is 2.58. The van der Waals surface area contributed by atoms with Gasteiger partial charge in [-0.05, 0) is 23.9 Å². The molecule has 0 amide bonds. The molecule has 4 nitrogen and oxygen atoms in total. The summed E-state index contributed by atoms with van der Waals surface area (Å²) in [5.74, 6) is 0.578. The van der Waals surface area contributed by atoms with Gasteiger partial charge in [0.2, 0.25) is 0 Å². The van der Waals surface area contributed by atoms with Crippen molar-refractivity contribution in [3.05, 3.63) is 40.2 Å². The molecule has 1 atom stereocenters. The molecule has 2 heterocycles. The molecule has 2 aromatic heterocycles. The van der Waals surface area contributed by atoms with Gasteiger partial charge in [0.05, 0.1) is 17.3 Å². The van der Waals surface area contributed by atoms with E-state index >= 15 is 0 Å². The molecule has 92 valence electrons. The Morgan fingerprint density at radius 1 is 1.56 bits per heavy atom. The van der Waals surface area contributed by atoms with Crippen LogP contribution in [0.4, 0.5) is 11.5 Å². The Morgan fingerprint density at radius 2 is 2.39 bits per heavy atom. The van der Waals surface area contributed by atoms with Crippen molar-refractivity contribution in [2.45, 2.75) is 19.4 Å². The lowest BCUT2D eigenvalue weighted by atomic mass is 10.1. The molecule has 0 radical (unpaired) electrons. The highest BCUT2D eigenvalue weighted by molar-refractivity contribution is 7.10. The zero-order valence-electron chi connectivity index (χ0n) is 10.1. The smallest absolute Gasteiger partial charge is 0.151 e. The quantitative estimate of drug-likeness (QED) is 0.883. The third-order valence-corrected chi connectivity index (χ3v) is 3.70. The summed E-state index contributed by atoms with van der Waals surface area (Å²) in [5.41, 5.74) is 6.77. The molecule has 2 rings (SSSR count). The average Bonchev–Trinajstić information content (AvgIpc) is 2.91. The molecule has 2 aromatic rings. The van der Waals surface area contributed by atoms with Crippen LogP contribution in [0.15, 0.2) is 29.8 Å². The second-order valence-electron chi connectivity index (χ2n) is 3.85. The minimum absolute atomic E-state index is 0.175. The van der Waals surface area contributed by atoms with Crippen LogP contribution in [0, 0.1) is 11.3 Å². The molecule has 0 aromatic carbocycles. The summed E-state index contributed by atoms with van der Waals surface area (Å²) in [6.45, 7) is 2.10. The van der Waals surface area contributed by atoms with Crippen LogP contribution in [-0.4, -0.2) is 4.98 Å². The predicted molar refractivity (Wildman–Crippen MR) is 74.3 cm³/mol. The minimum atomic E-state index is 0.175. The SMILES string of the molecule is CCC(Nc1nccc(C#N)c1N)c1cccs1. The highest BCUT2D eigenvalue weighted by Gasteiger charge is 2.13. The van der Waals surface area contributed by atoms with E-state index < -0.39 is 0 Å². The van der Waals surface area contributed by atoms with E-state index in [1.807, 2.05) is 11.4 Å². The van der Waals surface area contributed by atoms with Crippen LogP contribution in [0.2, 0.25) is 0 Å². The van der Waals surface area contributed by atoms with Crippen LogP contribution in [0.1, 0.15) is 29.8 Å². The maximum Gasteiger partial charge on any atom is 0.151 e. The standard InChI is InChI=1S/C13H14N4S/c1-2-10(11-4-3-7-18-11)17-13-12(15)9(8-14)5-6-16-13/h3-7,10H,2,15H2,1H3,(H,16,17). The van der Waals surface area contributed by atoms with Crippen molar-refractivity contribution in [2.75, 3.05) is 11.1 Å². The normalized spacial score (nSPS) is 11.8. The molecule has 0 aliphatic carbocycles. The summed E-state index contributed by atoms with van der Waals surface area (Å²) in [6, 6.07) is 7.95. The molecular weight excluding hydrogens is 244 g/mol. The van der Waals surface area contributed by atoms with Crippen molar-refractivity contribution in [3.8, 4) is 6.07 Å². The molecule has 0 bridgehead atoms. The zero-order chi connectivity index (χ0) is 13.0. The van der Waals surface area contributed by atoms with E-state index in [0.717, 1.165) is 6.42 Å². The van der Waals surface area contributed by atoms with E-state index in [2.05, 4.69) is 29.4 Å². The van der Waals surface area contributed by atoms with Crippen molar-refractivity contribution in [2.24, 2.45) is 0 Å². The maximum atomic E-state index is 8.93. The number of nitrogens with two attached hydrogens (primary N) is 1. The van der Waals surface area contributed by atoms with Gasteiger partial charge in [-0.1, -0.05) is 13.0 Å². The lowest BCUT2D eigenvalue weighted by Gasteiger charge is -2.17. The number of thiophene rings is 1. The first kappa shape index (κ1) is 12.4. The van der Waals surface area contributed by atoms with Gasteiger partial charge in [0, 0.05) is 11.1 Å². The van der Waals surface area contributed by atoms with Gasteiger partial charge in [-0.25, -0.2) is 4.98 Å². The lowest BCUT2D eigenvalue weighted by Crippen LogP contribution is -2.11. The Bertz CT molecular complexity index is 557. The molecule has 0 fully saturated rings. The average molecular weight is 258 g/mol. The van der Waals surface area contributed by atoms with Crippen LogP contribution < -0.4 is 11.1 Å². The predicted octanol–water partition coefficient (Wildman–Crippen LogP) is 3.16. The van der Waals surface area contributed by atoms with Gasteiger partial charge in [-0.2, -0.15) is 5.26 Å². The van der Waals surface area contributed by atoms with Crippen LogP contribution in [-0.2, 0) is 0 Å². The first-order valence-corrected chi connectivity index (χ1v) is 6.58. The Hall–Kier alpha value is -2.06. The summed E-state index contributed by atoms with van der Waals surface area (Å²) in [6.07, 6.45) is 2.52. The summed E-state index contributed by atoms with van der Waals surface area (Å²) < 4.78 is 0. The number of nitrogens with zero attached hydrogens (tertiary/aromatic N) is 2. The minimum Gasteiger partial charge on any atom is -0.395 e. The number of hydrogen-bond acceptors (Lipinski definition) is 5. The van der Waals surface area contributed by atoms with Gasteiger partial charge in [0.15, 0.2) is 5.82 Å². The molecule has 0 aliphatic heterocycles. The largest absolute Gasteiger partial charge is 0.395 e. The Balaban J connectivity index is 2.26. The third-order valence-electron chi connectivity index (χ3n) is 2.72. The molecule has 0 saturated carbocycles. The summed E-state index contributed by atoms with van der Waals surface area (Å²) in [5, 5.41) is 14.3. The molecule has 0 saturated heterocycles. The van der Waals surface area contributed by atoms with E-state index in [0.29, 0.717) is 17.1 Å². The molecule has 5 heteroatoms. The molecule has 0 spiro atoms. The number of pyridine rings is 1. The summed E-state index contributed by atoms with van der Waals surface area (Å²) in [4.78, 5) is 5.44. The van der Waals surface area contributed by atoms with E-state index in [-0.39, 0.29) is 6.04 Å². The second-order valence-corrected chi connectivity index (χ2v) is 4.83. The van der Waals surface area contributed by atoms with Gasteiger partial charge in [0.25, 0.3) is 0 Å². The molecule has 1 unspecified atom stereocenters. The Labute approximate surface area is 110 Å². The van der Waals surface area contributed by atoms with Gasteiger partial charge in [-0.3, -0.25) is 0 Å². The topological polar surface area (TPSA) is 74.7 Å². The van der Waals surface area contributed by atoms with Crippen LogP contribution >= 0.6 is 11.3 Å². The Morgan fingerprint density at radius 3 is 3.00 bits per heavy atom. The highest BCUT2D eigenvalue weighted by Crippen LogP contribution is 2.28. The summed E-state index contributed by atoms with van der Waals surface area (Å²) >= 11 is 1.69. The molecular formula is C13H14N4S. The zero-order valence-corrected chi connectivity index (χ0v) is 10.9. The van der Waals surface area contributed by atoms with Crippen molar-refractivity contribution in [3.63, 3.8) is 0 Å². The number of aromatic nitrogens is 1. The van der Waals surface area contributed by atoms with Crippen molar-refractivity contribution < 1.29 is 0 Å². The van der Waals surface area contributed by atoms with E-state index in [1.165, 1.54) is 4.88 Å². The van der Waals surface area contributed by atoms with Gasteiger partial charge in [0.1, 0.15) is 6.07 Å². The maximum absolute atomic E-state index is 8.93. The van der Waals surface area contributed by atoms with E-state index in [9.17, 15) is 0 Å². The van der Waals surface area contributed by atoms with Crippen LogP contribution in [0.25, 0.3) is 0 Å². The number of rotatable bonds is 4. The fraction of sp³-hybridized carbons (Fsp3) is 0.231. The number of hydrogen-bond donors (Lipinski definition) is 2. The van der Waals surface area contributed by atoms with Crippen molar-refractivity contribution in [1.29, 1.82) is 5.26 Å². The number of anilines is 2. The second kappa shape index (κ2) is 5.52. The highest BCUT2D eigenvalue weighted by atomic mass is 32.1. The van der Waals surface area contributed by atoms with Crippen LogP contribution in [0.3, 0.4) is 0 Å². The molecule has 3 N–H and O–H groups in total. The summed E-state index contributed by atoms with van der Waals surface area (Å²) in [7, 11) is 0. The van der Waals surface area contributed by atoms with Crippen LogP contribution in [0.5, 0.6) is 0 Å². The van der Waals surface area contributed by atoms with Gasteiger partial charge >= 0.3 is 0 Å². The van der Waals surface area contributed by atoms with E-state index in [1.54, 1.807) is 23.6 Å². The van der Waals surface area contributed by atoms with E-state index in [4.69, 9.17) is 11.0 Å². The third kappa shape index (κ3) is 2.44. The first-order chi connectivity index (χ1) is 8.76. The number of nitriles is 1. The monoisotopic (exact) mass is 258 g/mol. The molecule has 18 heavy (non-hydrogen) atoms. The fourth-order valence-electron chi connectivity index (χ4n) is 1.71. The first-order valence-electron chi connectivity index (χ1n) is 5.70. The lowest BCUT2D eigenvalue weighted by molar-refractivity contribution is 0.759. The van der Waals surface area contributed by atoms with Gasteiger partial charge in [-0.15, -0.1) is 11.3 Å². The van der Waals surface area contributed by atoms with Crippen molar-refractivity contribution in [1.82, 2.24) is 4.98 Å². The van der Waals surface area contributed by atoms with Crippen molar-refractivity contribution >= 4 is 22.8 Å². The Kier molecular flexibility index (Phi) is 3.80. The van der Waals surface area contributed by atoms with Gasteiger partial charge < -0.3 is 11.1 Å². The molecule has 0 aliphatic rings. The number of nitrogen functional groups attached to an aromatic ring is 1.